The predicted molar refractivity (Wildman–Crippen MR) is 82.4 cm³/mol. The summed E-state index contributed by atoms with van der Waals surface area (Å²) in [6, 6.07) is -0.290. The third-order valence-corrected chi connectivity index (χ3v) is 4.17. The Bertz CT molecular complexity index is 574. The van der Waals surface area contributed by atoms with E-state index in [4.69, 9.17) is 16.3 Å². The molecule has 0 radical (unpaired) electrons. The maximum Gasteiger partial charge on any atom is 0.325 e. The van der Waals surface area contributed by atoms with Crippen LogP contribution in [0.3, 0.4) is 0 Å². The van der Waals surface area contributed by atoms with E-state index in [-0.39, 0.29) is 24.2 Å². The zero-order valence-electron chi connectivity index (χ0n) is 12.5. The maximum atomic E-state index is 12.0. The number of halogens is 1. The average Bonchev–Trinajstić information content (AvgIpc) is 2.98. The van der Waals surface area contributed by atoms with Crippen molar-refractivity contribution in [1.29, 1.82) is 0 Å². The highest BCUT2D eigenvalue weighted by molar-refractivity contribution is 6.30. The molecule has 0 atom stereocenters. The topological polar surface area (TPSA) is 96.5 Å². The average molecular weight is 340 g/mol. The molecule has 2 heterocycles. The third-order valence-electron chi connectivity index (χ3n) is 3.97. The van der Waals surface area contributed by atoms with E-state index < -0.39 is 0 Å². The lowest BCUT2D eigenvalue weighted by Gasteiger charge is -2.29. The van der Waals surface area contributed by atoms with Crippen molar-refractivity contribution >= 4 is 23.7 Å². The van der Waals surface area contributed by atoms with Crippen LogP contribution in [0.5, 0.6) is 6.01 Å². The van der Waals surface area contributed by atoms with E-state index in [2.05, 4.69) is 20.6 Å². The van der Waals surface area contributed by atoms with Crippen molar-refractivity contribution in [3.05, 3.63) is 17.4 Å². The lowest BCUT2D eigenvalue weighted by atomic mass is 9.93. The van der Waals surface area contributed by atoms with Crippen molar-refractivity contribution < 1.29 is 14.3 Å². The molecule has 0 unspecified atom stereocenters. The highest BCUT2D eigenvalue weighted by atomic mass is 35.5. The number of carbonyl (C=O) groups is 2. The van der Waals surface area contributed by atoms with Crippen LogP contribution in [0.2, 0.25) is 5.02 Å². The number of imide groups is 1. The Morgan fingerprint density at radius 2 is 2.00 bits per heavy atom. The van der Waals surface area contributed by atoms with Crippen LogP contribution in [-0.2, 0) is 0 Å². The molecule has 1 saturated carbocycles. The summed E-state index contributed by atoms with van der Waals surface area (Å²) in [6.07, 6.45) is 6.19. The van der Waals surface area contributed by atoms with Gasteiger partial charge in [-0.3, -0.25) is 0 Å². The van der Waals surface area contributed by atoms with Gasteiger partial charge in [0.1, 0.15) is 6.10 Å². The van der Waals surface area contributed by atoms with Gasteiger partial charge in [0.25, 0.3) is 0 Å². The van der Waals surface area contributed by atoms with Crippen LogP contribution in [0.15, 0.2) is 12.4 Å². The van der Waals surface area contributed by atoms with E-state index in [9.17, 15) is 9.59 Å². The molecule has 2 aliphatic rings. The summed E-state index contributed by atoms with van der Waals surface area (Å²) in [5, 5.41) is 5.98. The molecule has 0 spiro atoms. The quantitative estimate of drug-likeness (QED) is 0.871. The SMILES string of the molecule is O=C1NCCN1C(=O)NC1CCC(Oc2ncc(Cl)cn2)CC1. The van der Waals surface area contributed by atoms with Gasteiger partial charge in [-0.05, 0) is 25.7 Å². The van der Waals surface area contributed by atoms with Crippen LogP contribution in [0, 0.1) is 0 Å². The fourth-order valence-corrected chi connectivity index (χ4v) is 2.85. The summed E-state index contributed by atoms with van der Waals surface area (Å²) in [6.45, 7) is 0.922. The summed E-state index contributed by atoms with van der Waals surface area (Å²) >= 11 is 5.73. The summed E-state index contributed by atoms with van der Waals surface area (Å²) in [4.78, 5) is 32.7. The number of urea groups is 2. The first kappa shape index (κ1) is 15.8. The monoisotopic (exact) mass is 339 g/mol. The molecule has 124 valence electrons. The van der Waals surface area contributed by atoms with Gasteiger partial charge in [-0.15, -0.1) is 0 Å². The van der Waals surface area contributed by atoms with E-state index in [0.29, 0.717) is 24.1 Å². The van der Waals surface area contributed by atoms with Crippen molar-refractivity contribution in [3.63, 3.8) is 0 Å². The Hall–Kier alpha value is -2.09. The second kappa shape index (κ2) is 6.99. The molecule has 3 rings (SSSR count). The summed E-state index contributed by atoms with van der Waals surface area (Å²) in [5.74, 6) is 0. The van der Waals surface area contributed by atoms with Gasteiger partial charge in [0.15, 0.2) is 0 Å². The Morgan fingerprint density at radius 1 is 1.30 bits per heavy atom. The van der Waals surface area contributed by atoms with Crippen molar-refractivity contribution in [2.45, 2.75) is 37.8 Å². The molecule has 8 nitrogen and oxygen atoms in total. The van der Waals surface area contributed by atoms with Gasteiger partial charge >= 0.3 is 18.1 Å². The number of rotatable bonds is 3. The van der Waals surface area contributed by atoms with E-state index >= 15 is 0 Å². The number of hydrogen-bond acceptors (Lipinski definition) is 5. The van der Waals surface area contributed by atoms with Crippen molar-refractivity contribution in [1.82, 2.24) is 25.5 Å². The molecule has 1 aromatic heterocycles. The van der Waals surface area contributed by atoms with Crippen LogP contribution in [-0.4, -0.2) is 52.2 Å². The van der Waals surface area contributed by atoms with Gasteiger partial charge in [0.05, 0.1) is 17.4 Å². The smallest absolute Gasteiger partial charge is 0.325 e. The number of nitrogens with zero attached hydrogens (tertiary/aromatic N) is 3. The van der Waals surface area contributed by atoms with Crippen LogP contribution < -0.4 is 15.4 Å². The maximum absolute atomic E-state index is 12.0. The highest BCUT2D eigenvalue weighted by Crippen LogP contribution is 2.22. The Balaban J connectivity index is 1.44. The molecular formula is C14H18ClN5O3. The van der Waals surface area contributed by atoms with Crippen LogP contribution in [0.25, 0.3) is 0 Å². The minimum atomic E-state index is -0.334. The van der Waals surface area contributed by atoms with E-state index in [0.717, 1.165) is 25.7 Å². The first-order chi connectivity index (χ1) is 11.1. The number of nitrogens with one attached hydrogen (secondary N) is 2. The number of ether oxygens (including phenoxy) is 1. The molecule has 4 amide bonds. The fourth-order valence-electron chi connectivity index (χ4n) is 2.75. The molecular weight excluding hydrogens is 322 g/mol. The minimum absolute atomic E-state index is 0.0272. The van der Waals surface area contributed by atoms with E-state index in [1.807, 2.05) is 0 Å². The van der Waals surface area contributed by atoms with Gasteiger partial charge in [0, 0.05) is 19.1 Å². The largest absolute Gasteiger partial charge is 0.460 e. The lowest BCUT2D eigenvalue weighted by Crippen LogP contribution is -2.47. The van der Waals surface area contributed by atoms with Crippen molar-refractivity contribution in [2.75, 3.05) is 13.1 Å². The van der Waals surface area contributed by atoms with Crippen molar-refractivity contribution in [3.8, 4) is 6.01 Å². The zero-order chi connectivity index (χ0) is 16.2. The van der Waals surface area contributed by atoms with Crippen LogP contribution in [0.1, 0.15) is 25.7 Å². The fraction of sp³-hybridized carbons (Fsp3) is 0.571. The minimum Gasteiger partial charge on any atom is -0.460 e. The number of hydrogen-bond donors (Lipinski definition) is 2. The Labute approximate surface area is 138 Å². The second-order valence-electron chi connectivity index (χ2n) is 5.61. The van der Waals surface area contributed by atoms with Crippen LogP contribution in [0.4, 0.5) is 9.59 Å². The standard InChI is InChI=1S/C14H18ClN5O3/c15-9-7-17-12(18-8-9)23-11-3-1-10(2-4-11)19-14(22)20-6-5-16-13(20)21/h7-8,10-11H,1-6H2,(H,16,21)(H,19,22). The molecule has 23 heavy (non-hydrogen) atoms. The van der Waals surface area contributed by atoms with Gasteiger partial charge in [0.2, 0.25) is 0 Å². The predicted octanol–water partition coefficient (Wildman–Crippen LogP) is 1.55. The molecule has 0 aromatic carbocycles. The number of aromatic nitrogens is 2. The van der Waals surface area contributed by atoms with Gasteiger partial charge < -0.3 is 15.4 Å². The summed E-state index contributed by atoms with van der Waals surface area (Å²) < 4.78 is 5.71. The van der Waals surface area contributed by atoms with E-state index in [1.54, 1.807) is 0 Å². The molecule has 0 bridgehead atoms. The molecule has 1 aliphatic heterocycles. The van der Waals surface area contributed by atoms with Gasteiger partial charge in [-0.25, -0.2) is 24.5 Å². The molecule has 2 N–H and O–H groups in total. The number of amides is 4. The Kier molecular flexibility index (Phi) is 4.80. The first-order valence-electron chi connectivity index (χ1n) is 7.62. The van der Waals surface area contributed by atoms with Crippen molar-refractivity contribution in [2.24, 2.45) is 0 Å². The summed E-state index contributed by atoms with van der Waals surface area (Å²) in [5.41, 5.74) is 0. The zero-order valence-corrected chi connectivity index (χ0v) is 13.3. The molecule has 2 fully saturated rings. The molecule has 1 aromatic rings. The Morgan fingerprint density at radius 3 is 2.61 bits per heavy atom. The van der Waals surface area contributed by atoms with Crippen LogP contribution >= 0.6 is 11.6 Å². The highest BCUT2D eigenvalue weighted by Gasteiger charge is 2.30. The second-order valence-corrected chi connectivity index (χ2v) is 6.04. The summed E-state index contributed by atoms with van der Waals surface area (Å²) in [7, 11) is 0. The third kappa shape index (κ3) is 4.01. The van der Waals surface area contributed by atoms with E-state index in [1.165, 1.54) is 17.3 Å². The first-order valence-corrected chi connectivity index (χ1v) is 7.99. The molecule has 1 aliphatic carbocycles. The van der Waals surface area contributed by atoms with Gasteiger partial charge in [-0.2, -0.15) is 0 Å². The lowest BCUT2D eigenvalue weighted by molar-refractivity contribution is 0.127. The normalized spacial score (nSPS) is 24.2. The molecule has 9 heteroatoms. The van der Waals surface area contributed by atoms with Gasteiger partial charge in [-0.1, -0.05) is 11.6 Å². The molecule has 1 saturated heterocycles. The number of carbonyl (C=O) groups excluding carboxylic acids is 2.